The molecule has 0 atom stereocenters. The van der Waals surface area contributed by atoms with Crippen molar-refractivity contribution in [3.05, 3.63) is 29.8 Å². The minimum Gasteiger partial charge on any atom is -0.478 e. The van der Waals surface area contributed by atoms with E-state index < -0.39 is 5.97 Å². The molecule has 108 valence electrons. The number of carboxylic acids is 1. The van der Waals surface area contributed by atoms with E-state index in [-0.39, 0.29) is 11.6 Å². The summed E-state index contributed by atoms with van der Waals surface area (Å²) in [6.45, 7) is 2.04. The minimum atomic E-state index is -1.06. The summed E-state index contributed by atoms with van der Waals surface area (Å²) in [7, 11) is 0. The maximum Gasteiger partial charge on any atom is 0.337 e. The third-order valence-corrected chi connectivity index (χ3v) is 3.30. The normalized spacial score (nSPS) is 15.6. The first-order valence-corrected chi connectivity index (χ1v) is 6.61. The van der Waals surface area contributed by atoms with Gasteiger partial charge >= 0.3 is 12.0 Å². The van der Waals surface area contributed by atoms with Gasteiger partial charge in [-0.3, -0.25) is 0 Å². The lowest BCUT2D eigenvalue weighted by molar-refractivity contribution is 0.0670. The fourth-order valence-electron chi connectivity index (χ4n) is 2.13. The molecule has 20 heavy (non-hydrogen) atoms. The van der Waals surface area contributed by atoms with Gasteiger partial charge in [0.25, 0.3) is 0 Å². The predicted molar refractivity (Wildman–Crippen MR) is 74.0 cm³/mol. The van der Waals surface area contributed by atoms with Gasteiger partial charge in [-0.05, 0) is 30.9 Å². The molecule has 2 amide bonds. The summed E-state index contributed by atoms with van der Waals surface area (Å²) < 4.78 is 5.25. The molecule has 0 radical (unpaired) electrons. The summed E-state index contributed by atoms with van der Waals surface area (Å²) in [5, 5.41) is 14.4. The van der Waals surface area contributed by atoms with Crippen LogP contribution in [0.2, 0.25) is 0 Å². The topological polar surface area (TPSA) is 87.7 Å². The number of nitrogens with one attached hydrogen (secondary N) is 2. The highest BCUT2D eigenvalue weighted by molar-refractivity contribution is 5.99. The fourth-order valence-corrected chi connectivity index (χ4v) is 2.13. The molecule has 6 nitrogen and oxygen atoms in total. The van der Waals surface area contributed by atoms with E-state index in [1.807, 2.05) is 0 Å². The van der Waals surface area contributed by atoms with E-state index in [9.17, 15) is 9.59 Å². The Bertz CT molecular complexity index is 484. The van der Waals surface area contributed by atoms with Crippen molar-refractivity contribution < 1.29 is 19.4 Å². The molecule has 2 rings (SSSR count). The maximum absolute atomic E-state index is 11.8. The number of anilines is 1. The molecule has 1 heterocycles. The quantitative estimate of drug-likeness (QED) is 0.785. The molecular weight excluding hydrogens is 260 g/mol. The Balaban J connectivity index is 1.86. The van der Waals surface area contributed by atoms with Crippen LogP contribution in [0.5, 0.6) is 0 Å². The Hall–Kier alpha value is -2.08. The minimum absolute atomic E-state index is 0.0775. The monoisotopic (exact) mass is 278 g/mol. The van der Waals surface area contributed by atoms with Crippen LogP contribution in [0.4, 0.5) is 10.5 Å². The van der Waals surface area contributed by atoms with Crippen LogP contribution in [0.25, 0.3) is 0 Å². The Morgan fingerprint density at radius 1 is 1.25 bits per heavy atom. The second kappa shape index (κ2) is 6.91. The first-order valence-electron chi connectivity index (χ1n) is 6.61. The SMILES string of the molecule is O=C(NCC1CCOCC1)Nc1ccccc1C(=O)O. The number of ether oxygens (including phenoxy) is 1. The lowest BCUT2D eigenvalue weighted by Crippen LogP contribution is -2.35. The van der Waals surface area contributed by atoms with Gasteiger partial charge in [0.2, 0.25) is 0 Å². The maximum atomic E-state index is 11.8. The number of hydrogen-bond donors (Lipinski definition) is 3. The van der Waals surface area contributed by atoms with E-state index in [4.69, 9.17) is 9.84 Å². The van der Waals surface area contributed by atoms with Gasteiger partial charge in [-0.1, -0.05) is 12.1 Å². The average Bonchev–Trinajstić information content (AvgIpc) is 2.46. The van der Waals surface area contributed by atoms with Gasteiger partial charge in [0.15, 0.2) is 0 Å². The van der Waals surface area contributed by atoms with Crippen molar-refractivity contribution in [1.29, 1.82) is 0 Å². The molecule has 1 saturated heterocycles. The number of urea groups is 1. The van der Waals surface area contributed by atoms with Crippen molar-refractivity contribution in [1.82, 2.24) is 5.32 Å². The van der Waals surface area contributed by atoms with Crippen molar-refractivity contribution in [2.45, 2.75) is 12.8 Å². The molecular formula is C14H18N2O4. The zero-order valence-electron chi connectivity index (χ0n) is 11.1. The lowest BCUT2D eigenvalue weighted by atomic mass is 10.0. The summed E-state index contributed by atoms with van der Waals surface area (Å²) in [4.78, 5) is 22.8. The summed E-state index contributed by atoms with van der Waals surface area (Å²) in [5.74, 6) is -0.644. The van der Waals surface area contributed by atoms with Crippen LogP contribution in [-0.4, -0.2) is 36.9 Å². The molecule has 3 N–H and O–H groups in total. The lowest BCUT2D eigenvalue weighted by Gasteiger charge is -2.22. The highest BCUT2D eigenvalue weighted by Gasteiger charge is 2.15. The van der Waals surface area contributed by atoms with Crippen LogP contribution < -0.4 is 10.6 Å². The molecule has 1 aliphatic rings. The molecule has 1 fully saturated rings. The number of para-hydroxylation sites is 1. The smallest absolute Gasteiger partial charge is 0.337 e. The van der Waals surface area contributed by atoms with Gasteiger partial charge in [0, 0.05) is 19.8 Å². The Morgan fingerprint density at radius 2 is 1.95 bits per heavy atom. The van der Waals surface area contributed by atoms with Gasteiger partial charge in [0.05, 0.1) is 11.3 Å². The van der Waals surface area contributed by atoms with E-state index >= 15 is 0 Å². The summed E-state index contributed by atoms with van der Waals surface area (Å²) in [6, 6.07) is 5.94. The molecule has 0 spiro atoms. The van der Waals surface area contributed by atoms with E-state index in [1.165, 1.54) is 6.07 Å². The van der Waals surface area contributed by atoms with Gasteiger partial charge in [0.1, 0.15) is 0 Å². The fraction of sp³-hybridized carbons (Fsp3) is 0.429. The van der Waals surface area contributed by atoms with Crippen molar-refractivity contribution in [3.63, 3.8) is 0 Å². The number of carbonyl (C=O) groups excluding carboxylic acids is 1. The highest BCUT2D eigenvalue weighted by Crippen LogP contribution is 2.15. The average molecular weight is 278 g/mol. The molecule has 0 aliphatic carbocycles. The molecule has 0 saturated carbocycles. The standard InChI is InChI=1S/C14H18N2O4/c17-13(18)11-3-1-2-4-12(11)16-14(19)15-9-10-5-7-20-8-6-10/h1-4,10H,5-9H2,(H,17,18)(H2,15,16,19). The molecule has 0 aromatic heterocycles. The summed E-state index contributed by atoms with van der Waals surface area (Å²) in [6.07, 6.45) is 1.87. The summed E-state index contributed by atoms with van der Waals surface area (Å²) in [5.41, 5.74) is 0.373. The van der Waals surface area contributed by atoms with Crippen molar-refractivity contribution in [3.8, 4) is 0 Å². The number of carboxylic acid groups (broad SMARTS) is 1. The Labute approximate surface area is 117 Å². The molecule has 1 aromatic rings. The molecule has 6 heteroatoms. The predicted octanol–water partition coefficient (Wildman–Crippen LogP) is 1.93. The third-order valence-electron chi connectivity index (χ3n) is 3.30. The Kier molecular flexibility index (Phi) is 4.95. The molecule has 1 aromatic carbocycles. The van der Waals surface area contributed by atoms with E-state index in [0.29, 0.717) is 18.2 Å². The van der Waals surface area contributed by atoms with Crippen LogP contribution in [0.15, 0.2) is 24.3 Å². The second-order valence-corrected chi connectivity index (χ2v) is 4.74. The number of hydrogen-bond acceptors (Lipinski definition) is 3. The number of aromatic carboxylic acids is 1. The molecule has 0 unspecified atom stereocenters. The Morgan fingerprint density at radius 3 is 2.65 bits per heavy atom. The van der Waals surface area contributed by atoms with Crippen LogP contribution >= 0.6 is 0 Å². The van der Waals surface area contributed by atoms with E-state index in [0.717, 1.165) is 26.1 Å². The number of benzene rings is 1. The van der Waals surface area contributed by atoms with Crippen molar-refractivity contribution >= 4 is 17.7 Å². The van der Waals surface area contributed by atoms with Gasteiger partial charge in [-0.2, -0.15) is 0 Å². The van der Waals surface area contributed by atoms with Crippen LogP contribution in [-0.2, 0) is 4.74 Å². The van der Waals surface area contributed by atoms with Gasteiger partial charge < -0.3 is 20.5 Å². The van der Waals surface area contributed by atoms with Crippen LogP contribution in [0.3, 0.4) is 0 Å². The van der Waals surface area contributed by atoms with E-state index in [2.05, 4.69) is 10.6 Å². The highest BCUT2D eigenvalue weighted by atomic mass is 16.5. The molecule has 1 aliphatic heterocycles. The number of carbonyl (C=O) groups is 2. The molecule has 0 bridgehead atoms. The number of amides is 2. The van der Waals surface area contributed by atoms with Crippen molar-refractivity contribution in [2.24, 2.45) is 5.92 Å². The first kappa shape index (κ1) is 14.3. The van der Waals surface area contributed by atoms with Crippen molar-refractivity contribution in [2.75, 3.05) is 25.1 Å². The van der Waals surface area contributed by atoms with E-state index in [1.54, 1.807) is 18.2 Å². The second-order valence-electron chi connectivity index (χ2n) is 4.74. The van der Waals surface area contributed by atoms with Crippen LogP contribution in [0, 0.1) is 5.92 Å². The largest absolute Gasteiger partial charge is 0.478 e. The zero-order chi connectivity index (χ0) is 14.4. The van der Waals surface area contributed by atoms with Gasteiger partial charge in [-0.15, -0.1) is 0 Å². The zero-order valence-corrected chi connectivity index (χ0v) is 11.1. The summed E-state index contributed by atoms with van der Waals surface area (Å²) >= 11 is 0. The van der Waals surface area contributed by atoms with Gasteiger partial charge in [-0.25, -0.2) is 9.59 Å². The van der Waals surface area contributed by atoms with Crippen LogP contribution in [0.1, 0.15) is 23.2 Å². The third kappa shape index (κ3) is 3.96. The first-order chi connectivity index (χ1) is 9.66. The number of rotatable bonds is 4.